The Kier molecular flexibility index (Phi) is 8.34. The third kappa shape index (κ3) is 5.27. The number of anilines is 1. The molecule has 5 nitrogen and oxygen atoms in total. The number of halogens is 2. The summed E-state index contributed by atoms with van der Waals surface area (Å²) in [5.41, 5.74) is 8.43. The molecule has 1 fully saturated rings. The first-order chi connectivity index (χ1) is 11.0. The Morgan fingerprint density at radius 1 is 1.54 bits per heavy atom. The number of ether oxygens (including phenoxy) is 2. The minimum atomic E-state index is -0.381. The van der Waals surface area contributed by atoms with Gasteiger partial charge in [-0.2, -0.15) is 5.26 Å². The number of nitrogens with zero attached hydrogens (tertiary/aromatic N) is 1. The molecule has 2 N–H and O–H groups in total. The number of benzene rings is 1. The van der Waals surface area contributed by atoms with Gasteiger partial charge in [-0.1, -0.05) is 17.7 Å². The van der Waals surface area contributed by atoms with E-state index in [1.807, 2.05) is 12.1 Å². The first-order valence-electron chi connectivity index (χ1n) is 7.79. The Hall–Kier alpha value is -1.48. The van der Waals surface area contributed by atoms with Crippen molar-refractivity contribution < 1.29 is 14.3 Å². The molecule has 0 amide bonds. The number of rotatable bonds is 5. The van der Waals surface area contributed by atoms with Crippen LogP contribution in [0.3, 0.4) is 0 Å². The number of nitrogen functional groups attached to an aromatic ring is 1. The first-order valence-corrected chi connectivity index (χ1v) is 8.17. The maximum absolute atomic E-state index is 11.5. The van der Waals surface area contributed by atoms with Crippen molar-refractivity contribution in [2.75, 3.05) is 18.9 Å². The molecule has 1 aromatic carbocycles. The molecule has 1 saturated heterocycles. The monoisotopic (exact) mass is 372 g/mol. The van der Waals surface area contributed by atoms with E-state index in [1.165, 1.54) is 0 Å². The summed E-state index contributed by atoms with van der Waals surface area (Å²) in [5.74, 6) is -0.0307. The number of hydrogen-bond acceptors (Lipinski definition) is 5. The normalized spacial score (nSPS) is 19.9. The summed E-state index contributed by atoms with van der Waals surface area (Å²) >= 11 is 6.25. The van der Waals surface area contributed by atoms with Crippen LogP contribution in [0.15, 0.2) is 12.1 Å². The number of carbonyl (C=O) groups excluding carboxylic acids is 1. The highest BCUT2D eigenvalue weighted by atomic mass is 35.5. The van der Waals surface area contributed by atoms with Gasteiger partial charge in [0.25, 0.3) is 0 Å². The number of carbonyl (C=O) groups is 1. The average molecular weight is 373 g/mol. The molecular formula is C17H22Cl2N2O3. The van der Waals surface area contributed by atoms with Crippen LogP contribution >= 0.6 is 24.0 Å². The number of aryl methyl sites for hydroxylation is 1. The smallest absolute Gasteiger partial charge is 0.306 e. The van der Waals surface area contributed by atoms with Crippen LogP contribution in [0.25, 0.3) is 0 Å². The molecule has 1 aromatic rings. The van der Waals surface area contributed by atoms with Crippen molar-refractivity contribution in [2.24, 2.45) is 0 Å². The van der Waals surface area contributed by atoms with Gasteiger partial charge in [-0.05, 0) is 49.3 Å². The van der Waals surface area contributed by atoms with E-state index in [9.17, 15) is 4.79 Å². The van der Waals surface area contributed by atoms with Crippen molar-refractivity contribution in [2.45, 2.75) is 44.6 Å². The molecular weight excluding hydrogens is 351 g/mol. The molecule has 1 aliphatic heterocycles. The second-order valence-corrected chi connectivity index (χ2v) is 6.00. The van der Waals surface area contributed by atoms with Crippen LogP contribution < -0.4 is 5.73 Å². The van der Waals surface area contributed by atoms with Crippen LogP contribution in [0.4, 0.5) is 5.69 Å². The van der Waals surface area contributed by atoms with Gasteiger partial charge in [-0.15, -0.1) is 12.4 Å². The van der Waals surface area contributed by atoms with E-state index in [1.54, 1.807) is 6.92 Å². The van der Waals surface area contributed by atoms with Gasteiger partial charge in [0.1, 0.15) is 6.10 Å². The molecule has 1 aliphatic rings. The van der Waals surface area contributed by atoms with Crippen LogP contribution in [0.1, 0.15) is 43.2 Å². The zero-order chi connectivity index (χ0) is 16.8. The summed E-state index contributed by atoms with van der Waals surface area (Å²) < 4.78 is 10.3. The van der Waals surface area contributed by atoms with Gasteiger partial charge < -0.3 is 15.2 Å². The zero-order valence-corrected chi connectivity index (χ0v) is 15.2. The van der Waals surface area contributed by atoms with E-state index in [0.717, 1.165) is 17.5 Å². The highest BCUT2D eigenvalue weighted by Crippen LogP contribution is 2.35. The van der Waals surface area contributed by atoms with Crippen molar-refractivity contribution in [3.63, 3.8) is 0 Å². The summed E-state index contributed by atoms with van der Waals surface area (Å²) in [6.45, 7) is 2.70. The average Bonchev–Trinajstić information content (AvgIpc) is 2.56. The molecule has 2 rings (SSSR count). The van der Waals surface area contributed by atoms with Gasteiger partial charge in [0.05, 0.1) is 23.4 Å². The standard InChI is InChI=1S/C17H21ClN2O3.ClH/c1-2-22-16(21)4-3-12-7-13(9-15(18)17(12)20)11-5-6-23-14(8-11)10-19;/h7,9,11,14H,2-6,8,20H2,1H3;1H/t11-,14-;/m0./s1. The molecule has 7 heteroatoms. The maximum atomic E-state index is 11.5. The SMILES string of the molecule is CCOC(=O)CCc1cc([C@H]2CCO[C@H](C#N)C2)cc(Cl)c1N.Cl. The fourth-order valence-electron chi connectivity index (χ4n) is 2.80. The Bertz CT molecular complexity index is 617. The van der Waals surface area contributed by atoms with Gasteiger partial charge in [0.2, 0.25) is 0 Å². The number of esters is 1. The van der Waals surface area contributed by atoms with Crippen LogP contribution in [0, 0.1) is 11.3 Å². The number of hydrogen-bond donors (Lipinski definition) is 1. The van der Waals surface area contributed by atoms with Gasteiger partial charge in [-0.3, -0.25) is 4.79 Å². The minimum Gasteiger partial charge on any atom is -0.466 e. The van der Waals surface area contributed by atoms with Crippen molar-refractivity contribution >= 4 is 35.7 Å². The Morgan fingerprint density at radius 3 is 2.96 bits per heavy atom. The van der Waals surface area contributed by atoms with E-state index < -0.39 is 0 Å². The third-order valence-corrected chi connectivity index (χ3v) is 4.35. The highest BCUT2D eigenvalue weighted by molar-refractivity contribution is 6.33. The Balaban J connectivity index is 0.00000288. The summed E-state index contributed by atoms with van der Waals surface area (Å²) in [7, 11) is 0. The fourth-order valence-corrected chi connectivity index (χ4v) is 3.05. The molecule has 1 heterocycles. The van der Waals surface area contributed by atoms with E-state index in [-0.39, 0.29) is 36.8 Å². The third-order valence-electron chi connectivity index (χ3n) is 4.04. The molecule has 0 bridgehead atoms. The van der Waals surface area contributed by atoms with Crippen LogP contribution in [0.2, 0.25) is 5.02 Å². The molecule has 0 radical (unpaired) electrons. The van der Waals surface area contributed by atoms with Gasteiger partial charge in [0, 0.05) is 13.0 Å². The Labute approximate surface area is 153 Å². The second kappa shape index (κ2) is 9.73. The summed E-state index contributed by atoms with van der Waals surface area (Å²) in [5, 5.41) is 9.52. The highest BCUT2D eigenvalue weighted by Gasteiger charge is 2.24. The van der Waals surface area contributed by atoms with Crippen molar-refractivity contribution in [1.82, 2.24) is 0 Å². The molecule has 0 aromatic heterocycles. The van der Waals surface area contributed by atoms with Crippen LogP contribution in [0.5, 0.6) is 0 Å². The van der Waals surface area contributed by atoms with E-state index in [0.29, 0.717) is 36.8 Å². The lowest BCUT2D eigenvalue weighted by molar-refractivity contribution is -0.143. The predicted octanol–water partition coefficient (Wildman–Crippen LogP) is 3.63. The Morgan fingerprint density at radius 2 is 2.29 bits per heavy atom. The zero-order valence-electron chi connectivity index (χ0n) is 13.6. The number of nitrogens with two attached hydrogens (primary N) is 1. The molecule has 132 valence electrons. The lowest BCUT2D eigenvalue weighted by atomic mass is 9.87. The van der Waals surface area contributed by atoms with Crippen molar-refractivity contribution in [1.29, 1.82) is 5.26 Å². The van der Waals surface area contributed by atoms with E-state index in [2.05, 4.69) is 6.07 Å². The molecule has 24 heavy (non-hydrogen) atoms. The molecule has 2 atom stereocenters. The fraction of sp³-hybridized carbons (Fsp3) is 0.529. The van der Waals surface area contributed by atoms with Crippen LogP contribution in [-0.2, 0) is 20.7 Å². The summed E-state index contributed by atoms with van der Waals surface area (Å²) in [6.07, 6.45) is 1.87. The van der Waals surface area contributed by atoms with Gasteiger partial charge in [-0.25, -0.2) is 0 Å². The molecule has 0 aliphatic carbocycles. The summed E-state index contributed by atoms with van der Waals surface area (Å²) in [4.78, 5) is 11.5. The molecule has 0 unspecified atom stereocenters. The lowest BCUT2D eigenvalue weighted by Crippen LogP contribution is -2.23. The van der Waals surface area contributed by atoms with Gasteiger partial charge in [0.15, 0.2) is 0 Å². The van der Waals surface area contributed by atoms with E-state index in [4.69, 9.17) is 32.1 Å². The van der Waals surface area contributed by atoms with Crippen molar-refractivity contribution in [3.8, 4) is 6.07 Å². The topological polar surface area (TPSA) is 85.3 Å². The first kappa shape index (κ1) is 20.6. The number of nitriles is 1. The molecule has 0 spiro atoms. The lowest BCUT2D eigenvalue weighted by Gasteiger charge is -2.26. The largest absolute Gasteiger partial charge is 0.466 e. The van der Waals surface area contributed by atoms with Gasteiger partial charge >= 0.3 is 5.97 Å². The maximum Gasteiger partial charge on any atom is 0.306 e. The van der Waals surface area contributed by atoms with E-state index >= 15 is 0 Å². The second-order valence-electron chi connectivity index (χ2n) is 5.59. The van der Waals surface area contributed by atoms with Crippen molar-refractivity contribution in [3.05, 3.63) is 28.3 Å². The minimum absolute atomic E-state index is 0. The predicted molar refractivity (Wildman–Crippen MR) is 95.4 cm³/mol. The molecule has 0 saturated carbocycles. The van der Waals surface area contributed by atoms with Crippen LogP contribution in [-0.4, -0.2) is 25.3 Å². The quantitative estimate of drug-likeness (QED) is 0.629. The summed E-state index contributed by atoms with van der Waals surface area (Å²) in [6, 6.07) is 6.00.